The van der Waals surface area contributed by atoms with E-state index in [-0.39, 0.29) is 6.04 Å². The summed E-state index contributed by atoms with van der Waals surface area (Å²) in [5.74, 6) is 0.893. The van der Waals surface area contributed by atoms with Crippen LogP contribution >= 0.6 is 11.8 Å². The topological polar surface area (TPSA) is 57.4 Å². The van der Waals surface area contributed by atoms with Crippen molar-refractivity contribution in [2.75, 3.05) is 12.9 Å². The van der Waals surface area contributed by atoms with Gasteiger partial charge in [-0.1, -0.05) is 30.0 Å². The summed E-state index contributed by atoms with van der Waals surface area (Å²) in [6.07, 6.45) is 4.64. The summed E-state index contributed by atoms with van der Waals surface area (Å²) < 4.78 is 5.57. The normalized spacial score (nSPS) is 18.8. The number of nitriles is 1. The molecule has 0 spiro atoms. The third kappa shape index (κ3) is 2.71. The number of aliphatic imine (C=N–C) groups is 1. The first-order chi connectivity index (χ1) is 8.35. The molecule has 0 amide bonds. The Morgan fingerprint density at radius 2 is 2.41 bits per heavy atom. The maximum atomic E-state index is 8.61. The maximum Gasteiger partial charge on any atom is 0.183 e. The molecule has 1 aliphatic rings. The predicted molar refractivity (Wildman–Crippen MR) is 69.0 cm³/mol. The van der Waals surface area contributed by atoms with Crippen molar-refractivity contribution in [3.05, 3.63) is 29.8 Å². The average molecular weight is 247 g/mol. The Balaban J connectivity index is 2.27. The number of hydrogen-bond acceptors (Lipinski definition) is 4. The Hall–Kier alpha value is -1.67. The van der Waals surface area contributed by atoms with Crippen molar-refractivity contribution < 1.29 is 4.74 Å². The summed E-state index contributed by atoms with van der Waals surface area (Å²) in [4.78, 5) is 4.55. The van der Waals surface area contributed by atoms with E-state index in [1.165, 1.54) is 11.8 Å². The number of para-hydroxylation sites is 1. The van der Waals surface area contributed by atoms with E-state index in [1.54, 1.807) is 0 Å². The second-order valence-corrected chi connectivity index (χ2v) is 4.36. The highest BCUT2D eigenvalue weighted by molar-refractivity contribution is 8.13. The summed E-state index contributed by atoms with van der Waals surface area (Å²) >= 11 is 1.44. The first kappa shape index (κ1) is 11.8. The number of rotatable bonds is 1. The highest BCUT2D eigenvalue weighted by Crippen LogP contribution is 2.34. The van der Waals surface area contributed by atoms with Crippen molar-refractivity contribution >= 4 is 16.9 Å². The number of thioether (sulfide) groups is 1. The largest absolute Gasteiger partial charge is 0.493 e. The van der Waals surface area contributed by atoms with Crippen LogP contribution in [-0.4, -0.2) is 18.0 Å². The first-order valence-corrected chi connectivity index (χ1v) is 6.56. The van der Waals surface area contributed by atoms with E-state index < -0.39 is 0 Å². The SMILES string of the molecule is CSC(=NC1CCOc2ccccc21)NC#N. The van der Waals surface area contributed by atoms with Crippen LogP contribution in [0.2, 0.25) is 0 Å². The lowest BCUT2D eigenvalue weighted by atomic mass is 10.0. The molecule has 1 aromatic carbocycles. The Bertz CT molecular complexity index is 467. The molecule has 1 heterocycles. The molecule has 1 N–H and O–H groups in total. The van der Waals surface area contributed by atoms with E-state index in [1.807, 2.05) is 36.7 Å². The number of amidine groups is 1. The van der Waals surface area contributed by atoms with Crippen LogP contribution in [0.4, 0.5) is 0 Å². The first-order valence-electron chi connectivity index (χ1n) is 5.33. The summed E-state index contributed by atoms with van der Waals surface area (Å²) in [5, 5.41) is 11.8. The van der Waals surface area contributed by atoms with Crippen molar-refractivity contribution in [3.8, 4) is 11.9 Å². The molecule has 1 unspecified atom stereocenters. The fourth-order valence-corrected chi connectivity index (χ4v) is 2.16. The predicted octanol–water partition coefficient (Wildman–Crippen LogP) is 2.30. The van der Waals surface area contributed by atoms with E-state index in [0.717, 1.165) is 17.7 Å². The van der Waals surface area contributed by atoms with Gasteiger partial charge in [-0.25, -0.2) is 0 Å². The van der Waals surface area contributed by atoms with Crippen LogP contribution < -0.4 is 10.1 Å². The molecule has 5 heteroatoms. The molecular formula is C12H13N3OS. The quantitative estimate of drug-likeness (QED) is 0.358. The van der Waals surface area contributed by atoms with Crippen molar-refractivity contribution in [1.29, 1.82) is 5.26 Å². The molecule has 0 saturated heterocycles. The number of hydrogen-bond donors (Lipinski definition) is 1. The second kappa shape index (κ2) is 5.60. The number of ether oxygens (including phenoxy) is 1. The van der Waals surface area contributed by atoms with E-state index in [9.17, 15) is 0 Å². The summed E-state index contributed by atoms with van der Waals surface area (Å²) in [7, 11) is 0. The molecule has 17 heavy (non-hydrogen) atoms. The number of nitrogens with zero attached hydrogens (tertiary/aromatic N) is 2. The Kier molecular flexibility index (Phi) is 3.89. The third-order valence-electron chi connectivity index (χ3n) is 2.56. The molecular weight excluding hydrogens is 234 g/mol. The molecule has 0 aromatic heterocycles. The van der Waals surface area contributed by atoms with E-state index in [4.69, 9.17) is 10.00 Å². The van der Waals surface area contributed by atoms with Crippen molar-refractivity contribution in [2.45, 2.75) is 12.5 Å². The molecule has 0 aliphatic carbocycles. The molecule has 0 radical (unpaired) electrons. The van der Waals surface area contributed by atoms with Gasteiger partial charge in [0.1, 0.15) is 5.75 Å². The monoisotopic (exact) mass is 247 g/mol. The van der Waals surface area contributed by atoms with Crippen LogP contribution in [0.25, 0.3) is 0 Å². The molecule has 1 aliphatic heterocycles. The number of fused-ring (bicyclic) bond motifs is 1. The van der Waals surface area contributed by atoms with Gasteiger partial charge in [0.15, 0.2) is 11.4 Å². The van der Waals surface area contributed by atoms with Gasteiger partial charge in [-0.3, -0.25) is 10.3 Å². The zero-order chi connectivity index (χ0) is 12.1. The molecule has 4 nitrogen and oxygen atoms in total. The standard InChI is InChI=1S/C12H13N3OS/c1-17-12(14-8-13)15-10-6-7-16-11-5-3-2-4-9(10)11/h2-5,10H,6-7H2,1H3,(H,14,15). The van der Waals surface area contributed by atoms with Gasteiger partial charge >= 0.3 is 0 Å². The van der Waals surface area contributed by atoms with E-state index in [0.29, 0.717) is 11.8 Å². The van der Waals surface area contributed by atoms with Gasteiger partial charge in [-0.2, -0.15) is 5.26 Å². The third-order valence-corrected chi connectivity index (χ3v) is 3.15. The number of benzene rings is 1. The summed E-state index contributed by atoms with van der Waals surface area (Å²) in [5.41, 5.74) is 1.09. The van der Waals surface area contributed by atoms with Crippen LogP contribution in [0.5, 0.6) is 5.75 Å². The maximum absolute atomic E-state index is 8.61. The smallest absolute Gasteiger partial charge is 0.183 e. The fourth-order valence-electron chi connectivity index (χ4n) is 1.78. The van der Waals surface area contributed by atoms with E-state index in [2.05, 4.69) is 10.3 Å². The fraction of sp³-hybridized carbons (Fsp3) is 0.333. The van der Waals surface area contributed by atoms with Gasteiger partial charge in [0.05, 0.1) is 12.6 Å². The molecule has 1 atom stereocenters. The Morgan fingerprint density at radius 3 is 3.18 bits per heavy atom. The summed E-state index contributed by atoms with van der Waals surface area (Å²) in [6.45, 7) is 0.666. The molecule has 2 rings (SSSR count). The lowest BCUT2D eigenvalue weighted by Crippen LogP contribution is -2.18. The van der Waals surface area contributed by atoms with Crippen molar-refractivity contribution in [1.82, 2.24) is 5.32 Å². The minimum atomic E-state index is 0.0725. The van der Waals surface area contributed by atoms with Crippen LogP contribution in [0.1, 0.15) is 18.0 Å². The highest BCUT2D eigenvalue weighted by Gasteiger charge is 2.20. The van der Waals surface area contributed by atoms with Gasteiger partial charge in [0, 0.05) is 12.0 Å². The highest BCUT2D eigenvalue weighted by atomic mass is 32.2. The van der Waals surface area contributed by atoms with Crippen molar-refractivity contribution in [2.24, 2.45) is 4.99 Å². The molecule has 0 saturated carbocycles. The van der Waals surface area contributed by atoms with Crippen LogP contribution in [-0.2, 0) is 0 Å². The Labute approximate surface area is 105 Å². The minimum absolute atomic E-state index is 0.0725. The lowest BCUT2D eigenvalue weighted by molar-refractivity contribution is 0.269. The molecule has 0 fully saturated rings. The molecule has 1 aromatic rings. The van der Waals surface area contributed by atoms with Crippen LogP contribution in [0.15, 0.2) is 29.3 Å². The molecule has 0 bridgehead atoms. The van der Waals surface area contributed by atoms with Gasteiger partial charge in [0.25, 0.3) is 0 Å². The van der Waals surface area contributed by atoms with Gasteiger partial charge in [-0.05, 0) is 12.3 Å². The lowest BCUT2D eigenvalue weighted by Gasteiger charge is -2.23. The average Bonchev–Trinajstić information content (AvgIpc) is 2.38. The van der Waals surface area contributed by atoms with Crippen molar-refractivity contribution in [3.63, 3.8) is 0 Å². The van der Waals surface area contributed by atoms with Crippen LogP contribution in [0.3, 0.4) is 0 Å². The Morgan fingerprint density at radius 1 is 1.59 bits per heavy atom. The number of nitrogens with one attached hydrogen (secondary N) is 1. The summed E-state index contributed by atoms with van der Waals surface area (Å²) in [6, 6.07) is 7.98. The molecule has 88 valence electrons. The minimum Gasteiger partial charge on any atom is -0.493 e. The van der Waals surface area contributed by atoms with Gasteiger partial charge < -0.3 is 4.74 Å². The van der Waals surface area contributed by atoms with Gasteiger partial charge in [-0.15, -0.1) is 0 Å². The van der Waals surface area contributed by atoms with Gasteiger partial charge in [0.2, 0.25) is 0 Å². The van der Waals surface area contributed by atoms with Crippen LogP contribution in [0, 0.1) is 11.5 Å². The van der Waals surface area contributed by atoms with E-state index >= 15 is 0 Å². The second-order valence-electron chi connectivity index (χ2n) is 3.57. The zero-order valence-electron chi connectivity index (χ0n) is 9.51. The zero-order valence-corrected chi connectivity index (χ0v) is 10.3.